The number of carbonyl (C=O) groups is 1. The molecule has 2 aliphatic heterocycles. The van der Waals surface area contributed by atoms with Gasteiger partial charge in [0.05, 0.1) is 43.7 Å². The van der Waals surface area contributed by atoms with Crippen molar-refractivity contribution in [1.82, 2.24) is 0 Å². The lowest BCUT2D eigenvalue weighted by Crippen LogP contribution is -2.42. The van der Waals surface area contributed by atoms with Crippen LogP contribution < -0.4 is 15.0 Å². The lowest BCUT2D eigenvalue weighted by Gasteiger charge is -2.30. The summed E-state index contributed by atoms with van der Waals surface area (Å²) in [6.07, 6.45) is 0. The first kappa shape index (κ1) is 13.2. The Kier molecular flexibility index (Phi) is 3.25. The number of nitrogens with zero attached hydrogens (tertiary/aromatic N) is 1. The predicted molar refractivity (Wildman–Crippen MR) is 72.7 cm³/mol. The van der Waals surface area contributed by atoms with Crippen LogP contribution in [0.15, 0.2) is 12.1 Å². The zero-order valence-electron chi connectivity index (χ0n) is 11.5. The van der Waals surface area contributed by atoms with Crippen molar-refractivity contribution in [3.8, 4) is 5.75 Å². The average molecular weight is 280 g/mol. The Morgan fingerprint density at radius 1 is 1.50 bits per heavy atom. The molecular weight excluding hydrogens is 263 g/mol. The normalized spacial score (nSPS) is 24.8. The van der Waals surface area contributed by atoms with Crippen LogP contribution in [-0.4, -0.2) is 38.8 Å². The van der Waals surface area contributed by atoms with Crippen molar-refractivity contribution >= 4 is 17.3 Å². The molecule has 2 aliphatic rings. The van der Waals surface area contributed by atoms with E-state index in [0.717, 1.165) is 5.69 Å². The van der Waals surface area contributed by atoms with Crippen molar-refractivity contribution in [3.63, 3.8) is 0 Å². The van der Waals surface area contributed by atoms with Crippen LogP contribution in [0.2, 0.25) is 0 Å². The summed E-state index contributed by atoms with van der Waals surface area (Å²) >= 11 is 0. The monoisotopic (exact) mass is 280 g/mol. The second-order valence-corrected chi connectivity index (χ2v) is 4.99. The van der Waals surface area contributed by atoms with Gasteiger partial charge in [-0.25, -0.2) is 4.39 Å². The minimum Gasteiger partial charge on any atom is -0.494 e. The second-order valence-electron chi connectivity index (χ2n) is 4.99. The summed E-state index contributed by atoms with van der Waals surface area (Å²) < 4.78 is 24.3. The number of fused-ring (bicyclic) bond motifs is 2. The molecule has 0 aromatic heterocycles. The maximum atomic E-state index is 13.8. The van der Waals surface area contributed by atoms with Gasteiger partial charge in [-0.2, -0.15) is 0 Å². The maximum Gasteiger partial charge on any atom is 0.232 e. The van der Waals surface area contributed by atoms with Gasteiger partial charge >= 0.3 is 0 Å². The van der Waals surface area contributed by atoms with Crippen LogP contribution in [0.4, 0.5) is 15.8 Å². The first-order valence-corrected chi connectivity index (χ1v) is 6.68. The number of hydrogen-bond acceptors (Lipinski definition) is 4. The molecular formula is C14H17FN2O3. The van der Waals surface area contributed by atoms with Crippen LogP contribution in [-0.2, 0) is 9.53 Å². The molecule has 1 aromatic carbocycles. The fourth-order valence-electron chi connectivity index (χ4n) is 2.95. The van der Waals surface area contributed by atoms with Crippen molar-refractivity contribution < 1.29 is 18.7 Å². The van der Waals surface area contributed by atoms with Gasteiger partial charge in [-0.05, 0) is 6.92 Å². The van der Waals surface area contributed by atoms with Gasteiger partial charge in [-0.3, -0.25) is 4.79 Å². The summed E-state index contributed by atoms with van der Waals surface area (Å²) in [5, 5.41) is 2.79. The van der Waals surface area contributed by atoms with E-state index >= 15 is 0 Å². The molecule has 20 heavy (non-hydrogen) atoms. The van der Waals surface area contributed by atoms with Crippen molar-refractivity contribution in [1.29, 1.82) is 0 Å². The van der Waals surface area contributed by atoms with Gasteiger partial charge in [-0.1, -0.05) is 0 Å². The van der Waals surface area contributed by atoms with E-state index in [-0.39, 0.29) is 23.6 Å². The number of halogens is 1. The number of ether oxygens (including phenoxy) is 2. The molecule has 1 aromatic rings. The van der Waals surface area contributed by atoms with Gasteiger partial charge < -0.3 is 19.7 Å². The van der Waals surface area contributed by atoms with Crippen LogP contribution in [0.25, 0.3) is 0 Å². The van der Waals surface area contributed by atoms with Crippen molar-refractivity contribution in [3.05, 3.63) is 17.9 Å². The topological polar surface area (TPSA) is 50.8 Å². The first-order chi connectivity index (χ1) is 9.65. The summed E-state index contributed by atoms with van der Waals surface area (Å²) in [4.78, 5) is 14.3. The Balaban J connectivity index is 2.12. The molecule has 0 radical (unpaired) electrons. The fraction of sp³-hybridized carbons (Fsp3) is 0.500. The van der Waals surface area contributed by atoms with Crippen LogP contribution >= 0.6 is 0 Å². The highest BCUT2D eigenvalue weighted by Crippen LogP contribution is 2.39. The van der Waals surface area contributed by atoms with Gasteiger partial charge in [0.25, 0.3) is 0 Å². The number of nitrogens with one attached hydrogen (secondary N) is 1. The quantitative estimate of drug-likeness (QED) is 0.894. The van der Waals surface area contributed by atoms with E-state index in [2.05, 4.69) is 10.2 Å². The van der Waals surface area contributed by atoms with Crippen molar-refractivity contribution in [2.75, 3.05) is 37.1 Å². The predicted octanol–water partition coefficient (Wildman–Crippen LogP) is 1.63. The first-order valence-electron chi connectivity index (χ1n) is 6.68. The molecule has 2 unspecified atom stereocenters. The summed E-state index contributed by atoms with van der Waals surface area (Å²) in [7, 11) is 1.43. The lowest BCUT2D eigenvalue weighted by molar-refractivity contribution is -0.120. The molecule has 0 spiro atoms. The molecule has 3 rings (SSSR count). The van der Waals surface area contributed by atoms with E-state index in [1.54, 1.807) is 6.07 Å². The molecule has 5 nitrogen and oxygen atoms in total. The van der Waals surface area contributed by atoms with Crippen LogP contribution in [0.5, 0.6) is 5.75 Å². The van der Waals surface area contributed by atoms with E-state index in [0.29, 0.717) is 25.4 Å². The SMILES string of the molecule is CCN1c2cc(OC)c(F)cc2NC(=O)C2COCC21. The summed E-state index contributed by atoms with van der Waals surface area (Å²) in [6.45, 7) is 3.62. The molecule has 108 valence electrons. The number of anilines is 2. The number of methoxy groups -OCH3 is 1. The summed E-state index contributed by atoms with van der Waals surface area (Å²) in [5.41, 5.74) is 1.27. The van der Waals surface area contributed by atoms with E-state index in [1.165, 1.54) is 13.2 Å². The van der Waals surface area contributed by atoms with E-state index in [9.17, 15) is 9.18 Å². The summed E-state index contributed by atoms with van der Waals surface area (Å²) in [6, 6.07) is 2.93. The van der Waals surface area contributed by atoms with Crippen LogP contribution in [0, 0.1) is 11.7 Å². The average Bonchev–Trinajstić information content (AvgIpc) is 2.87. The third kappa shape index (κ3) is 1.91. The molecule has 1 amide bonds. The van der Waals surface area contributed by atoms with Crippen LogP contribution in [0.1, 0.15) is 6.92 Å². The van der Waals surface area contributed by atoms with E-state index < -0.39 is 5.82 Å². The summed E-state index contributed by atoms with van der Waals surface area (Å²) in [5.74, 6) is -0.648. The van der Waals surface area contributed by atoms with Gasteiger partial charge in [0, 0.05) is 18.7 Å². The lowest BCUT2D eigenvalue weighted by atomic mass is 10.0. The molecule has 1 fully saturated rings. The maximum absolute atomic E-state index is 13.8. The Hall–Kier alpha value is -1.82. The molecule has 2 heterocycles. The van der Waals surface area contributed by atoms with Gasteiger partial charge in [-0.15, -0.1) is 0 Å². The zero-order valence-corrected chi connectivity index (χ0v) is 11.5. The van der Waals surface area contributed by atoms with Crippen molar-refractivity contribution in [2.45, 2.75) is 13.0 Å². The molecule has 0 saturated carbocycles. The Morgan fingerprint density at radius 2 is 2.30 bits per heavy atom. The van der Waals surface area contributed by atoms with Crippen LogP contribution in [0.3, 0.4) is 0 Å². The minimum atomic E-state index is -0.481. The number of likely N-dealkylation sites (N-methyl/N-ethyl adjacent to an activating group) is 1. The number of amides is 1. The van der Waals surface area contributed by atoms with Gasteiger partial charge in [0.2, 0.25) is 5.91 Å². The second kappa shape index (κ2) is 4.94. The molecule has 0 bridgehead atoms. The molecule has 1 saturated heterocycles. The highest BCUT2D eigenvalue weighted by atomic mass is 19.1. The number of carbonyl (C=O) groups excluding carboxylic acids is 1. The zero-order chi connectivity index (χ0) is 14.3. The Labute approximate surface area is 116 Å². The minimum absolute atomic E-state index is 0.0172. The molecule has 2 atom stereocenters. The molecule has 1 N–H and O–H groups in total. The molecule has 0 aliphatic carbocycles. The van der Waals surface area contributed by atoms with Crippen molar-refractivity contribution in [2.24, 2.45) is 5.92 Å². The van der Waals surface area contributed by atoms with Gasteiger partial charge in [0.15, 0.2) is 11.6 Å². The third-order valence-corrected chi connectivity index (χ3v) is 3.97. The smallest absolute Gasteiger partial charge is 0.232 e. The van der Waals surface area contributed by atoms with Gasteiger partial charge in [0.1, 0.15) is 0 Å². The fourth-order valence-corrected chi connectivity index (χ4v) is 2.95. The van der Waals surface area contributed by atoms with E-state index in [1.807, 2.05) is 6.92 Å². The van der Waals surface area contributed by atoms with E-state index in [4.69, 9.17) is 9.47 Å². The third-order valence-electron chi connectivity index (χ3n) is 3.97. The number of rotatable bonds is 2. The highest BCUT2D eigenvalue weighted by Gasteiger charge is 2.41. The number of benzene rings is 1. The standard InChI is InChI=1S/C14H17FN2O3/c1-3-17-11-5-13(19-2)9(15)4-10(11)16-14(18)8-6-20-7-12(8)17/h4-5,8,12H,3,6-7H2,1-2H3,(H,16,18). The molecule has 6 heteroatoms. The largest absolute Gasteiger partial charge is 0.494 e. The Bertz CT molecular complexity index is 549. The highest BCUT2D eigenvalue weighted by molar-refractivity contribution is 5.99. The Morgan fingerprint density at radius 3 is 3.00 bits per heavy atom. The number of hydrogen-bond donors (Lipinski definition) is 1.